The Bertz CT molecular complexity index is 506. The first kappa shape index (κ1) is 13.7. The molecule has 1 aromatic rings. The summed E-state index contributed by atoms with van der Waals surface area (Å²) in [5.74, 6) is 0. The highest BCUT2D eigenvalue weighted by Crippen LogP contribution is 2.31. The van der Waals surface area contributed by atoms with Crippen molar-refractivity contribution in [3.63, 3.8) is 0 Å². The third-order valence-electron chi connectivity index (χ3n) is 4.32. The van der Waals surface area contributed by atoms with Crippen LogP contribution in [-0.4, -0.2) is 64.0 Å². The normalized spacial score (nSPS) is 26.7. The van der Waals surface area contributed by atoms with Gasteiger partial charge in [-0.1, -0.05) is 18.5 Å². The van der Waals surface area contributed by atoms with E-state index >= 15 is 0 Å². The zero-order chi connectivity index (χ0) is 14.2. The average Bonchev–Trinajstić information content (AvgIpc) is 3.01. The number of amides is 1. The number of nitrogens with zero attached hydrogens (tertiary/aromatic N) is 4. The van der Waals surface area contributed by atoms with Gasteiger partial charge in [-0.3, -0.25) is 14.5 Å². The van der Waals surface area contributed by atoms with Gasteiger partial charge >= 0.3 is 6.09 Å². The summed E-state index contributed by atoms with van der Waals surface area (Å²) in [6.07, 6.45) is 4.24. The molecule has 3 rings (SSSR count). The number of carbonyl (C=O) groups excluding carboxylic acids is 1. The molecule has 1 aromatic heterocycles. The van der Waals surface area contributed by atoms with Gasteiger partial charge in [0.05, 0.1) is 23.3 Å². The molecule has 0 bridgehead atoms. The van der Waals surface area contributed by atoms with Crippen LogP contribution >= 0.6 is 11.6 Å². The highest BCUT2D eigenvalue weighted by Gasteiger charge is 2.49. The zero-order valence-corrected chi connectivity index (χ0v) is 12.3. The number of aromatic nitrogens is 2. The Labute approximate surface area is 123 Å². The lowest BCUT2D eigenvalue weighted by Crippen LogP contribution is -2.61. The molecule has 0 N–H and O–H groups in total. The van der Waals surface area contributed by atoms with Gasteiger partial charge in [0.25, 0.3) is 0 Å². The second kappa shape index (κ2) is 5.26. The number of hydrogen-bond acceptors (Lipinski definition) is 4. The standard InChI is InChI=1S/C13H19ClN4O2/c1-2-13-9-16(3-5-17-8-11(14)7-15-17)4-6-18(13)12(19)20-10-13/h7-8H,2-6,9-10H2,1H3. The van der Waals surface area contributed by atoms with Gasteiger partial charge in [-0.2, -0.15) is 5.10 Å². The second-order valence-electron chi connectivity index (χ2n) is 5.48. The van der Waals surface area contributed by atoms with Crippen LogP contribution in [0.25, 0.3) is 0 Å². The lowest BCUT2D eigenvalue weighted by atomic mass is 9.93. The fourth-order valence-electron chi connectivity index (χ4n) is 3.04. The molecule has 2 aliphatic rings. The van der Waals surface area contributed by atoms with Crippen LogP contribution in [0, 0.1) is 0 Å². The average molecular weight is 299 g/mol. The predicted octanol–water partition coefficient (Wildman–Crippen LogP) is 1.45. The SMILES string of the molecule is CCC12COC(=O)N1CCN(CCn1cc(Cl)cn1)C2. The van der Waals surface area contributed by atoms with Crippen molar-refractivity contribution in [3.8, 4) is 0 Å². The molecular formula is C13H19ClN4O2. The van der Waals surface area contributed by atoms with Gasteiger partial charge in [-0.05, 0) is 6.42 Å². The Morgan fingerprint density at radius 3 is 3.00 bits per heavy atom. The smallest absolute Gasteiger partial charge is 0.410 e. The van der Waals surface area contributed by atoms with Gasteiger partial charge in [0.1, 0.15) is 6.61 Å². The van der Waals surface area contributed by atoms with E-state index < -0.39 is 0 Å². The monoisotopic (exact) mass is 298 g/mol. The van der Waals surface area contributed by atoms with Crippen LogP contribution in [0.5, 0.6) is 0 Å². The summed E-state index contributed by atoms with van der Waals surface area (Å²) in [6, 6.07) is 0. The van der Waals surface area contributed by atoms with Crippen LogP contribution in [0.1, 0.15) is 13.3 Å². The van der Waals surface area contributed by atoms with Crippen molar-refractivity contribution < 1.29 is 9.53 Å². The van der Waals surface area contributed by atoms with Gasteiger partial charge < -0.3 is 4.74 Å². The van der Waals surface area contributed by atoms with Crippen molar-refractivity contribution in [2.45, 2.75) is 25.4 Å². The van der Waals surface area contributed by atoms with E-state index in [2.05, 4.69) is 16.9 Å². The first-order chi connectivity index (χ1) is 9.63. The van der Waals surface area contributed by atoms with E-state index in [4.69, 9.17) is 16.3 Å². The molecule has 3 heterocycles. The summed E-state index contributed by atoms with van der Waals surface area (Å²) in [4.78, 5) is 16.0. The van der Waals surface area contributed by atoms with E-state index in [1.54, 1.807) is 6.20 Å². The maximum atomic E-state index is 11.7. The first-order valence-electron chi connectivity index (χ1n) is 6.98. The molecular weight excluding hydrogens is 280 g/mol. The fourth-order valence-corrected chi connectivity index (χ4v) is 3.20. The lowest BCUT2D eigenvalue weighted by Gasteiger charge is -2.44. The van der Waals surface area contributed by atoms with E-state index in [0.717, 1.165) is 39.1 Å². The molecule has 0 radical (unpaired) electrons. The van der Waals surface area contributed by atoms with Crippen molar-refractivity contribution in [3.05, 3.63) is 17.4 Å². The fraction of sp³-hybridized carbons (Fsp3) is 0.692. The Morgan fingerprint density at radius 1 is 1.45 bits per heavy atom. The number of ether oxygens (including phenoxy) is 1. The minimum Gasteiger partial charge on any atom is -0.447 e. The zero-order valence-electron chi connectivity index (χ0n) is 11.6. The third-order valence-corrected chi connectivity index (χ3v) is 4.52. The summed E-state index contributed by atoms with van der Waals surface area (Å²) in [6.45, 7) is 6.82. The highest BCUT2D eigenvalue weighted by atomic mass is 35.5. The molecule has 2 saturated heterocycles. The second-order valence-corrected chi connectivity index (χ2v) is 5.92. The Hall–Kier alpha value is -1.27. The lowest BCUT2D eigenvalue weighted by molar-refractivity contribution is 0.0468. The molecule has 1 unspecified atom stereocenters. The quantitative estimate of drug-likeness (QED) is 0.844. The molecule has 20 heavy (non-hydrogen) atoms. The van der Waals surface area contributed by atoms with Crippen LogP contribution in [0.15, 0.2) is 12.4 Å². The van der Waals surface area contributed by atoms with E-state index in [0.29, 0.717) is 11.6 Å². The number of rotatable bonds is 4. The van der Waals surface area contributed by atoms with Crippen molar-refractivity contribution in [2.24, 2.45) is 0 Å². The molecule has 7 heteroatoms. The van der Waals surface area contributed by atoms with Gasteiger partial charge in [0.2, 0.25) is 0 Å². The van der Waals surface area contributed by atoms with E-state index in [9.17, 15) is 4.79 Å². The Morgan fingerprint density at radius 2 is 2.30 bits per heavy atom. The maximum Gasteiger partial charge on any atom is 0.410 e. The predicted molar refractivity (Wildman–Crippen MR) is 74.8 cm³/mol. The third kappa shape index (κ3) is 2.38. The molecule has 2 fully saturated rings. The molecule has 0 saturated carbocycles. The molecule has 0 aliphatic carbocycles. The molecule has 110 valence electrons. The summed E-state index contributed by atoms with van der Waals surface area (Å²) >= 11 is 5.86. The number of carbonyl (C=O) groups is 1. The van der Waals surface area contributed by atoms with Crippen LogP contribution < -0.4 is 0 Å². The summed E-state index contributed by atoms with van der Waals surface area (Å²) < 4.78 is 7.08. The van der Waals surface area contributed by atoms with Crippen LogP contribution in [0.2, 0.25) is 5.02 Å². The Kier molecular flexibility index (Phi) is 3.60. The molecule has 0 spiro atoms. The van der Waals surface area contributed by atoms with E-state index in [-0.39, 0.29) is 11.6 Å². The number of hydrogen-bond donors (Lipinski definition) is 0. The van der Waals surface area contributed by atoms with Crippen molar-refractivity contribution in [1.29, 1.82) is 0 Å². The molecule has 1 atom stereocenters. The van der Waals surface area contributed by atoms with Gasteiger partial charge in [0.15, 0.2) is 0 Å². The number of halogens is 1. The van der Waals surface area contributed by atoms with E-state index in [1.165, 1.54) is 0 Å². The van der Waals surface area contributed by atoms with Gasteiger partial charge in [-0.25, -0.2) is 4.79 Å². The van der Waals surface area contributed by atoms with Gasteiger partial charge in [0, 0.05) is 32.4 Å². The number of cyclic esters (lactones) is 1. The highest BCUT2D eigenvalue weighted by molar-refractivity contribution is 6.30. The number of fused-ring (bicyclic) bond motifs is 1. The number of piperazine rings is 1. The van der Waals surface area contributed by atoms with Gasteiger partial charge in [-0.15, -0.1) is 0 Å². The molecule has 2 aliphatic heterocycles. The summed E-state index contributed by atoms with van der Waals surface area (Å²) in [7, 11) is 0. The van der Waals surface area contributed by atoms with Crippen molar-refractivity contribution >= 4 is 17.7 Å². The van der Waals surface area contributed by atoms with Crippen molar-refractivity contribution in [1.82, 2.24) is 19.6 Å². The molecule has 0 aromatic carbocycles. The molecule has 6 nitrogen and oxygen atoms in total. The minimum absolute atomic E-state index is 0.142. The maximum absolute atomic E-state index is 11.7. The summed E-state index contributed by atoms with van der Waals surface area (Å²) in [5, 5.41) is 4.85. The van der Waals surface area contributed by atoms with Crippen LogP contribution in [-0.2, 0) is 11.3 Å². The van der Waals surface area contributed by atoms with E-state index in [1.807, 2.05) is 15.8 Å². The topological polar surface area (TPSA) is 50.6 Å². The van der Waals surface area contributed by atoms with Crippen LogP contribution in [0.4, 0.5) is 4.79 Å². The molecule has 1 amide bonds. The Balaban J connectivity index is 1.61. The minimum atomic E-state index is -0.162. The van der Waals surface area contributed by atoms with Crippen molar-refractivity contribution in [2.75, 3.05) is 32.8 Å². The largest absolute Gasteiger partial charge is 0.447 e. The summed E-state index contributed by atoms with van der Waals surface area (Å²) in [5.41, 5.74) is -0.142. The van der Waals surface area contributed by atoms with Crippen LogP contribution in [0.3, 0.4) is 0 Å². The first-order valence-corrected chi connectivity index (χ1v) is 7.35.